The van der Waals surface area contributed by atoms with Crippen molar-refractivity contribution in [3.8, 4) is 0 Å². The zero-order valence-electron chi connectivity index (χ0n) is 10.7. The van der Waals surface area contributed by atoms with E-state index in [1.807, 2.05) is 4.31 Å². The van der Waals surface area contributed by atoms with Gasteiger partial charge in [-0.15, -0.1) is 0 Å². The third kappa shape index (κ3) is 2.83. The smallest absolute Gasteiger partial charge is 0.217 e. The molecule has 0 radical (unpaired) electrons. The average Bonchev–Trinajstić information content (AvgIpc) is 2.39. The molecular weight excluding hydrogens is 236 g/mol. The van der Waals surface area contributed by atoms with Crippen LogP contribution in [0.15, 0.2) is 0 Å². The molecule has 0 bridgehead atoms. The van der Waals surface area contributed by atoms with E-state index in [9.17, 15) is 8.42 Å². The van der Waals surface area contributed by atoms with Gasteiger partial charge in [-0.2, -0.15) is 4.31 Å². The molecule has 0 aromatic carbocycles. The zero-order valence-corrected chi connectivity index (χ0v) is 11.5. The highest BCUT2D eigenvalue weighted by molar-refractivity contribution is 7.89. The number of hydrogen-bond donors (Lipinski definition) is 1. The molecule has 0 saturated carbocycles. The minimum Gasteiger partial charge on any atom is -0.317 e. The second-order valence-electron chi connectivity index (χ2n) is 5.16. The molecule has 100 valence electrons. The number of nitrogens with zero attached hydrogens (tertiary/aromatic N) is 1. The second-order valence-corrected chi connectivity index (χ2v) is 7.33. The topological polar surface area (TPSA) is 49.4 Å². The lowest BCUT2D eigenvalue weighted by Crippen LogP contribution is -2.49. The van der Waals surface area contributed by atoms with Crippen LogP contribution in [0.4, 0.5) is 0 Å². The van der Waals surface area contributed by atoms with Crippen molar-refractivity contribution in [2.24, 2.45) is 0 Å². The Balaban J connectivity index is 2.11. The van der Waals surface area contributed by atoms with Crippen LogP contribution in [0.5, 0.6) is 0 Å². The van der Waals surface area contributed by atoms with Crippen molar-refractivity contribution in [3.63, 3.8) is 0 Å². The Hall–Kier alpha value is -0.130. The molecule has 1 atom stereocenters. The van der Waals surface area contributed by atoms with E-state index in [4.69, 9.17) is 0 Å². The van der Waals surface area contributed by atoms with E-state index in [1.165, 1.54) is 6.42 Å². The highest BCUT2D eigenvalue weighted by Gasteiger charge is 2.37. The fourth-order valence-electron chi connectivity index (χ4n) is 3.00. The van der Waals surface area contributed by atoms with E-state index >= 15 is 0 Å². The third-order valence-electron chi connectivity index (χ3n) is 4.08. The van der Waals surface area contributed by atoms with Gasteiger partial charge in [-0.1, -0.05) is 13.3 Å². The maximum atomic E-state index is 12.6. The van der Waals surface area contributed by atoms with Crippen LogP contribution >= 0.6 is 0 Å². The Labute approximate surface area is 105 Å². The number of piperidine rings is 2. The normalized spacial score (nSPS) is 29.4. The lowest BCUT2D eigenvalue weighted by molar-refractivity contribution is 0.242. The maximum absolute atomic E-state index is 12.6. The molecule has 0 amide bonds. The summed E-state index contributed by atoms with van der Waals surface area (Å²) in [6, 6.07) is 0.253. The lowest BCUT2D eigenvalue weighted by atomic mass is 10.0. The van der Waals surface area contributed by atoms with Gasteiger partial charge in [0.2, 0.25) is 10.0 Å². The summed E-state index contributed by atoms with van der Waals surface area (Å²) in [5, 5.41) is 3.09. The fraction of sp³-hybridized carbons (Fsp3) is 1.00. The molecule has 17 heavy (non-hydrogen) atoms. The Bertz CT molecular complexity index is 336. The van der Waals surface area contributed by atoms with Crippen LogP contribution in [0.3, 0.4) is 0 Å². The lowest BCUT2D eigenvalue weighted by Gasteiger charge is -2.37. The molecule has 1 N–H and O–H groups in total. The minimum absolute atomic E-state index is 0.143. The van der Waals surface area contributed by atoms with Crippen molar-refractivity contribution in [1.29, 1.82) is 0 Å². The van der Waals surface area contributed by atoms with Gasteiger partial charge < -0.3 is 5.32 Å². The molecule has 2 fully saturated rings. The summed E-state index contributed by atoms with van der Waals surface area (Å²) in [7, 11) is -3.05. The van der Waals surface area contributed by atoms with Crippen molar-refractivity contribution in [2.75, 3.05) is 19.6 Å². The fourth-order valence-corrected chi connectivity index (χ4v) is 5.27. The molecule has 1 unspecified atom stereocenters. The van der Waals surface area contributed by atoms with Gasteiger partial charge in [0.05, 0.1) is 5.25 Å². The van der Waals surface area contributed by atoms with E-state index in [-0.39, 0.29) is 11.3 Å². The summed E-state index contributed by atoms with van der Waals surface area (Å²) in [6.07, 6.45) is 5.74. The molecule has 0 spiro atoms. The minimum atomic E-state index is -3.05. The van der Waals surface area contributed by atoms with E-state index in [0.717, 1.165) is 51.7 Å². The first-order chi connectivity index (χ1) is 8.16. The van der Waals surface area contributed by atoms with Crippen molar-refractivity contribution in [1.82, 2.24) is 9.62 Å². The number of rotatable bonds is 3. The van der Waals surface area contributed by atoms with Crippen LogP contribution in [-0.4, -0.2) is 43.6 Å². The Kier molecular flexibility index (Phi) is 4.44. The monoisotopic (exact) mass is 260 g/mol. The summed E-state index contributed by atoms with van der Waals surface area (Å²) in [4.78, 5) is 0. The SMILES string of the molecule is CCC1CCCCN1S(=O)(=O)C1CCNCC1. The molecule has 0 aromatic rings. The largest absolute Gasteiger partial charge is 0.317 e. The van der Waals surface area contributed by atoms with E-state index in [2.05, 4.69) is 12.2 Å². The predicted octanol–water partition coefficient (Wildman–Crippen LogP) is 1.33. The van der Waals surface area contributed by atoms with Gasteiger partial charge in [-0.3, -0.25) is 0 Å². The van der Waals surface area contributed by atoms with Crippen LogP contribution < -0.4 is 5.32 Å². The first kappa shape index (κ1) is 13.3. The molecule has 4 nitrogen and oxygen atoms in total. The number of nitrogens with one attached hydrogen (secondary N) is 1. The van der Waals surface area contributed by atoms with Gasteiger partial charge in [0, 0.05) is 12.6 Å². The van der Waals surface area contributed by atoms with Crippen molar-refractivity contribution in [3.05, 3.63) is 0 Å². The first-order valence-electron chi connectivity index (χ1n) is 6.87. The molecule has 2 saturated heterocycles. The third-order valence-corrected chi connectivity index (χ3v) is 6.53. The Morgan fingerprint density at radius 2 is 1.88 bits per heavy atom. The van der Waals surface area contributed by atoms with Crippen LogP contribution in [0.25, 0.3) is 0 Å². The maximum Gasteiger partial charge on any atom is 0.217 e. The van der Waals surface area contributed by atoms with E-state index in [1.54, 1.807) is 0 Å². The Morgan fingerprint density at radius 1 is 1.18 bits per heavy atom. The van der Waals surface area contributed by atoms with Gasteiger partial charge in [-0.25, -0.2) is 8.42 Å². The summed E-state index contributed by atoms with van der Waals surface area (Å²) >= 11 is 0. The molecule has 2 rings (SSSR count). The van der Waals surface area contributed by atoms with E-state index in [0.29, 0.717) is 0 Å². The highest BCUT2D eigenvalue weighted by Crippen LogP contribution is 2.27. The molecule has 0 aliphatic carbocycles. The standard InChI is InChI=1S/C12H24N2O2S/c1-2-11-5-3-4-10-14(11)17(15,16)12-6-8-13-9-7-12/h11-13H,2-10H2,1H3. The van der Waals surface area contributed by atoms with Gasteiger partial charge in [-0.05, 0) is 45.2 Å². The molecule has 0 aromatic heterocycles. The molecule has 2 heterocycles. The summed E-state index contributed by atoms with van der Waals surface area (Å²) in [6.45, 7) is 4.52. The predicted molar refractivity (Wildman–Crippen MR) is 69.4 cm³/mol. The second kappa shape index (κ2) is 5.67. The molecule has 5 heteroatoms. The van der Waals surface area contributed by atoms with Crippen LogP contribution in [0.2, 0.25) is 0 Å². The van der Waals surface area contributed by atoms with Crippen molar-refractivity contribution in [2.45, 2.75) is 56.7 Å². The quantitative estimate of drug-likeness (QED) is 0.833. The Morgan fingerprint density at radius 3 is 2.53 bits per heavy atom. The average molecular weight is 260 g/mol. The van der Waals surface area contributed by atoms with E-state index < -0.39 is 10.0 Å². The van der Waals surface area contributed by atoms with Gasteiger partial charge in [0.1, 0.15) is 0 Å². The summed E-state index contributed by atoms with van der Waals surface area (Å²) < 4.78 is 27.0. The summed E-state index contributed by atoms with van der Waals surface area (Å²) in [5.74, 6) is 0. The van der Waals surface area contributed by atoms with Crippen LogP contribution in [0, 0.1) is 0 Å². The number of hydrogen-bond acceptors (Lipinski definition) is 3. The van der Waals surface area contributed by atoms with Crippen LogP contribution in [-0.2, 0) is 10.0 Å². The molecular formula is C12H24N2O2S. The van der Waals surface area contributed by atoms with Crippen molar-refractivity contribution >= 4 is 10.0 Å². The van der Waals surface area contributed by atoms with Gasteiger partial charge in [0.15, 0.2) is 0 Å². The number of sulfonamides is 1. The van der Waals surface area contributed by atoms with Gasteiger partial charge >= 0.3 is 0 Å². The highest BCUT2D eigenvalue weighted by atomic mass is 32.2. The zero-order chi connectivity index (χ0) is 12.3. The van der Waals surface area contributed by atoms with Gasteiger partial charge in [0.25, 0.3) is 0 Å². The van der Waals surface area contributed by atoms with Crippen molar-refractivity contribution < 1.29 is 8.42 Å². The van der Waals surface area contributed by atoms with Crippen LogP contribution in [0.1, 0.15) is 45.4 Å². The first-order valence-corrected chi connectivity index (χ1v) is 8.38. The molecule has 2 aliphatic rings. The molecule has 2 aliphatic heterocycles. The summed E-state index contributed by atoms with van der Waals surface area (Å²) in [5.41, 5.74) is 0.